The van der Waals surface area contributed by atoms with Crippen LogP contribution in [-0.2, 0) is 10.8 Å². The molecule has 1 N–H and O–H groups in total. The largest absolute Gasteiger partial charge is 0.304 e. The maximum atomic E-state index is 5.34. The summed E-state index contributed by atoms with van der Waals surface area (Å²) in [7, 11) is 0. The SMILES string of the molecule is SCCC1NC(C2=C=CC=C2)C23c4c5c6c7c8c9c(c%10c%11c2c2c4c4c%12c5c5c6c6c8c8c%13c9c9c%10c%10c%11c%11c2c2c4c4c%12c%12c5c5c6c8c6c8c%13c9c9c%10c%10c%11c2c2c4c4c%12c5c6c5c8c9c%10c2c45)C713. The summed E-state index contributed by atoms with van der Waals surface area (Å²) in [6, 6.07) is 0.266. The van der Waals surface area contributed by atoms with Crippen LogP contribution in [0.5, 0.6) is 0 Å². The monoisotopic (exact) mass is 885 g/mol. The Kier molecular flexibility index (Phi) is 2.32. The molecule has 71 heavy (non-hydrogen) atoms. The third-order valence-corrected chi connectivity index (χ3v) is 26.4. The molecule has 1 heterocycles. The first-order chi connectivity index (χ1) is 35.4. The summed E-state index contributed by atoms with van der Waals surface area (Å²) >= 11 is 5.34. The summed E-state index contributed by atoms with van der Waals surface area (Å²) in [4.78, 5) is 0. The Hall–Kier alpha value is -7.97. The Morgan fingerprint density at radius 2 is 0.521 bits per heavy atom. The Bertz CT molecular complexity index is 7210. The van der Waals surface area contributed by atoms with E-state index in [2.05, 4.69) is 24.0 Å². The summed E-state index contributed by atoms with van der Waals surface area (Å²) in [6.07, 6.45) is 8.04. The first-order valence-electron chi connectivity index (χ1n) is 26.7. The molecule has 5 aliphatic carbocycles. The van der Waals surface area contributed by atoms with Crippen molar-refractivity contribution >= 4 is 303 Å². The number of benzene rings is 18. The van der Waals surface area contributed by atoms with Crippen molar-refractivity contribution in [3.8, 4) is 0 Å². The van der Waals surface area contributed by atoms with Crippen LogP contribution in [0.3, 0.4) is 0 Å². The third kappa shape index (κ3) is 1.43. The van der Waals surface area contributed by atoms with Crippen LogP contribution >= 0.6 is 12.6 Å². The molecule has 28 aromatic carbocycles. The zero-order valence-electron chi connectivity index (χ0n) is 36.2. The summed E-state index contributed by atoms with van der Waals surface area (Å²) < 4.78 is 0. The van der Waals surface area contributed by atoms with E-state index in [1.165, 1.54) is 5.57 Å². The van der Waals surface area contributed by atoms with Gasteiger partial charge in [0.05, 0.1) is 16.9 Å². The smallest absolute Gasteiger partial charge is 0.0581 e. The number of rotatable bonds is 3. The van der Waals surface area contributed by atoms with Crippen molar-refractivity contribution in [1.29, 1.82) is 0 Å². The van der Waals surface area contributed by atoms with E-state index in [0.717, 1.165) is 12.2 Å². The average molecular weight is 886 g/mol. The van der Waals surface area contributed by atoms with Gasteiger partial charge in [-0.25, -0.2) is 0 Å². The minimum Gasteiger partial charge on any atom is -0.304 e. The standard InChI is InChI=1S/C69H11NS/c71-6-5-8-68-63-55-47-37-27-19-11-9-10-13-17-15(11)23-31-25(17)35-29-21(13)22-14(10)18-16-12(9)20(19)28-34-24(16)32-26(18)36-30(22)40-39(29)49-43(35)53-45(31)51(41(47)33(23)27)57(63)59(53)65-61(49)62-50(40)44(36)54-46(32)52-42(34)48(38(28)37)56(55)64(68)58(52)60(54)66(62)69(65,68)67(70-8)7-3-1-2-4-7/h1-3,8,67,70-71H,5-6H2. The van der Waals surface area contributed by atoms with Gasteiger partial charge in [-0.3, -0.25) is 0 Å². The van der Waals surface area contributed by atoms with E-state index in [0.29, 0.717) is 0 Å². The van der Waals surface area contributed by atoms with Crippen molar-refractivity contribution in [3.05, 3.63) is 51.8 Å². The van der Waals surface area contributed by atoms with Gasteiger partial charge in [0, 0.05) is 11.6 Å². The van der Waals surface area contributed by atoms with E-state index in [9.17, 15) is 0 Å². The topological polar surface area (TPSA) is 12.0 Å². The average Bonchev–Trinajstić information content (AvgIpc) is 4.10. The Morgan fingerprint density at radius 3 is 0.718 bits per heavy atom. The number of nitrogens with one attached hydrogen (secondary N) is 1. The van der Waals surface area contributed by atoms with Gasteiger partial charge in [0.1, 0.15) is 0 Å². The maximum absolute atomic E-state index is 5.34. The van der Waals surface area contributed by atoms with Crippen molar-refractivity contribution in [2.75, 3.05) is 5.75 Å². The second kappa shape index (κ2) is 6.14. The molecule has 0 saturated carbocycles. The van der Waals surface area contributed by atoms with Gasteiger partial charge in [-0.15, -0.1) is 5.73 Å². The first-order valence-corrected chi connectivity index (χ1v) is 27.3. The van der Waals surface area contributed by atoms with Gasteiger partial charge in [-0.2, -0.15) is 12.6 Å². The van der Waals surface area contributed by atoms with Gasteiger partial charge in [-0.1, -0.05) is 6.08 Å². The highest BCUT2D eigenvalue weighted by Crippen LogP contribution is 2.86. The second-order valence-electron chi connectivity index (χ2n) is 26.2. The van der Waals surface area contributed by atoms with Crippen LogP contribution in [-0.4, -0.2) is 17.8 Å². The molecule has 1 saturated heterocycles. The molecule has 1 aliphatic heterocycles. The lowest BCUT2D eigenvalue weighted by molar-refractivity contribution is 0.338. The molecule has 0 bridgehead atoms. The van der Waals surface area contributed by atoms with E-state index in [4.69, 9.17) is 17.9 Å². The lowest BCUT2D eigenvalue weighted by atomic mass is 9.46. The highest BCUT2D eigenvalue weighted by molar-refractivity contribution is 7.80. The molecule has 1 nitrogen and oxygen atoms in total. The van der Waals surface area contributed by atoms with Crippen molar-refractivity contribution in [2.24, 2.45) is 0 Å². The van der Waals surface area contributed by atoms with Crippen molar-refractivity contribution in [3.63, 3.8) is 0 Å². The summed E-state index contributed by atoms with van der Waals surface area (Å²) in [5.41, 5.74) is 11.7. The summed E-state index contributed by atoms with van der Waals surface area (Å²) in [5.74, 6) is 0.860. The molecule has 0 aromatic heterocycles. The molecular weight excluding hydrogens is 875 g/mol. The van der Waals surface area contributed by atoms with E-state index < -0.39 is 0 Å². The molecular formula is C69H11NS. The number of allylic oxidation sites excluding steroid dienone is 1. The molecule has 28 aromatic rings. The number of hydrogen-bond donors (Lipinski definition) is 2. The quantitative estimate of drug-likeness (QED) is 0.102. The molecule has 0 radical (unpaired) electrons. The predicted molar refractivity (Wildman–Crippen MR) is 304 cm³/mol. The number of thiol groups is 1. The van der Waals surface area contributed by atoms with Crippen LogP contribution < -0.4 is 5.32 Å². The molecule has 2 spiro atoms. The van der Waals surface area contributed by atoms with E-state index in [1.807, 2.05) is 0 Å². The molecule has 1 fully saturated rings. The van der Waals surface area contributed by atoms with Crippen LogP contribution in [0.15, 0.2) is 29.5 Å². The highest BCUT2D eigenvalue weighted by Gasteiger charge is 2.77. The van der Waals surface area contributed by atoms with E-state index in [-0.39, 0.29) is 22.9 Å². The van der Waals surface area contributed by atoms with Gasteiger partial charge >= 0.3 is 0 Å². The van der Waals surface area contributed by atoms with Crippen LogP contribution in [0.25, 0.3) is 291 Å². The molecule has 298 valence electrons. The zero-order valence-corrected chi connectivity index (χ0v) is 37.1. The lowest BCUT2D eigenvalue weighted by Crippen LogP contribution is -2.56. The van der Waals surface area contributed by atoms with Gasteiger partial charge in [0.2, 0.25) is 0 Å². The van der Waals surface area contributed by atoms with Crippen molar-refractivity contribution < 1.29 is 0 Å². The molecule has 34 rings (SSSR count). The Labute approximate surface area is 393 Å². The highest BCUT2D eigenvalue weighted by atomic mass is 32.1. The molecule has 6 aliphatic rings. The van der Waals surface area contributed by atoms with Crippen molar-refractivity contribution in [1.82, 2.24) is 5.32 Å². The van der Waals surface area contributed by atoms with E-state index in [1.54, 1.807) is 313 Å². The van der Waals surface area contributed by atoms with Crippen LogP contribution in [0.4, 0.5) is 0 Å². The second-order valence-corrected chi connectivity index (χ2v) is 26.6. The summed E-state index contributed by atoms with van der Waals surface area (Å²) in [5, 5.41) is 94.5. The fourth-order valence-electron chi connectivity index (χ4n) is 26.2. The van der Waals surface area contributed by atoms with Crippen LogP contribution in [0.2, 0.25) is 0 Å². The minimum atomic E-state index is -0.364. The fourth-order valence-corrected chi connectivity index (χ4v) is 26.5. The van der Waals surface area contributed by atoms with Gasteiger partial charge < -0.3 is 5.32 Å². The van der Waals surface area contributed by atoms with Crippen LogP contribution in [0.1, 0.15) is 28.7 Å². The molecule has 2 heteroatoms. The normalized spacial score (nSPS) is 25.2. The first kappa shape index (κ1) is 26.9. The van der Waals surface area contributed by atoms with Gasteiger partial charge in [0.15, 0.2) is 0 Å². The van der Waals surface area contributed by atoms with E-state index >= 15 is 0 Å². The summed E-state index contributed by atoms with van der Waals surface area (Å²) in [6.45, 7) is 0. The predicted octanol–water partition coefficient (Wildman–Crippen LogP) is 17.6. The minimum absolute atomic E-state index is 0.0677. The Morgan fingerprint density at radius 1 is 0.310 bits per heavy atom. The van der Waals surface area contributed by atoms with Gasteiger partial charge in [-0.05, 0) is 337 Å². The lowest BCUT2D eigenvalue weighted by Gasteiger charge is -2.53. The van der Waals surface area contributed by atoms with Gasteiger partial charge in [0.25, 0.3) is 0 Å². The zero-order chi connectivity index (χ0) is 42.2. The van der Waals surface area contributed by atoms with Crippen molar-refractivity contribution in [2.45, 2.75) is 29.3 Å². The number of hydrogen-bond acceptors (Lipinski definition) is 2. The molecule has 0 amide bonds. The molecule has 2 unspecified atom stereocenters. The third-order valence-electron chi connectivity index (χ3n) is 26.1. The van der Waals surface area contributed by atoms with Crippen LogP contribution in [0, 0.1) is 0 Å². The Balaban J connectivity index is 1.19. The fraction of sp³-hybridized carbons (Fsp3) is 0.0870. The maximum Gasteiger partial charge on any atom is 0.0581 e. The molecule has 2 atom stereocenters.